The van der Waals surface area contributed by atoms with E-state index in [2.05, 4.69) is 15.3 Å². The normalized spacial score (nSPS) is 13.0. The Labute approximate surface area is 189 Å². The third kappa shape index (κ3) is 4.23. The van der Waals surface area contributed by atoms with Crippen molar-refractivity contribution in [2.75, 3.05) is 12.1 Å². The van der Waals surface area contributed by atoms with Gasteiger partial charge in [-0.1, -0.05) is 29.8 Å². The minimum Gasteiger partial charge on any atom is -0.454 e. The molecule has 4 aromatic rings. The van der Waals surface area contributed by atoms with Crippen molar-refractivity contribution in [2.24, 2.45) is 0 Å². The third-order valence-electron chi connectivity index (χ3n) is 5.34. The number of rotatable bonds is 5. The van der Waals surface area contributed by atoms with E-state index in [0.717, 1.165) is 16.6 Å². The number of H-pyrrole nitrogens is 1. The van der Waals surface area contributed by atoms with Crippen LogP contribution in [-0.2, 0) is 9.53 Å². The molecular formula is C25H21N3O5. The first kappa shape index (κ1) is 20.6. The van der Waals surface area contributed by atoms with Crippen molar-refractivity contribution in [3.05, 3.63) is 71.8 Å². The quantitative estimate of drug-likeness (QED) is 0.442. The van der Waals surface area contributed by atoms with Crippen molar-refractivity contribution in [1.82, 2.24) is 9.97 Å². The molecule has 33 heavy (non-hydrogen) atoms. The Morgan fingerprint density at radius 1 is 1.03 bits per heavy atom. The summed E-state index contributed by atoms with van der Waals surface area (Å²) >= 11 is 0. The van der Waals surface area contributed by atoms with Crippen molar-refractivity contribution in [3.63, 3.8) is 0 Å². The van der Waals surface area contributed by atoms with Crippen molar-refractivity contribution in [2.45, 2.75) is 20.0 Å². The first-order valence-corrected chi connectivity index (χ1v) is 10.4. The van der Waals surface area contributed by atoms with Gasteiger partial charge in [0.05, 0.1) is 16.6 Å². The molecule has 3 aromatic carbocycles. The molecule has 5 rings (SSSR count). The summed E-state index contributed by atoms with van der Waals surface area (Å²) in [5.41, 5.74) is 4.40. The van der Waals surface area contributed by atoms with Gasteiger partial charge in [-0.15, -0.1) is 0 Å². The van der Waals surface area contributed by atoms with Crippen LogP contribution in [0, 0.1) is 6.92 Å². The lowest BCUT2D eigenvalue weighted by molar-refractivity contribution is -0.123. The van der Waals surface area contributed by atoms with Gasteiger partial charge in [-0.05, 0) is 44.2 Å². The van der Waals surface area contributed by atoms with Gasteiger partial charge in [0, 0.05) is 17.3 Å². The fraction of sp³-hybridized carbons (Fsp3) is 0.160. The topological polar surface area (TPSA) is 103 Å². The van der Waals surface area contributed by atoms with Gasteiger partial charge < -0.3 is 24.5 Å². The molecule has 0 fully saturated rings. The molecule has 1 aliphatic heterocycles. The van der Waals surface area contributed by atoms with Gasteiger partial charge in [0.25, 0.3) is 5.91 Å². The molecule has 166 valence electrons. The van der Waals surface area contributed by atoms with Crippen molar-refractivity contribution in [1.29, 1.82) is 0 Å². The lowest BCUT2D eigenvalue weighted by Gasteiger charge is -2.14. The molecule has 1 unspecified atom stereocenters. The number of nitrogens with zero attached hydrogens (tertiary/aromatic N) is 1. The molecular weight excluding hydrogens is 422 g/mol. The summed E-state index contributed by atoms with van der Waals surface area (Å²) in [4.78, 5) is 33.0. The lowest BCUT2D eigenvalue weighted by Crippen LogP contribution is -2.30. The maximum absolute atomic E-state index is 12.7. The van der Waals surface area contributed by atoms with Crippen LogP contribution in [-0.4, -0.2) is 34.7 Å². The average Bonchev–Trinajstić information content (AvgIpc) is 3.45. The molecule has 2 heterocycles. The Morgan fingerprint density at radius 2 is 1.82 bits per heavy atom. The van der Waals surface area contributed by atoms with Crippen LogP contribution >= 0.6 is 0 Å². The van der Waals surface area contributed by atoms with Crippen LogP contribution in [0.2, 0.25) is 0 Å². The number of aryl methyl sites for hydroxylation is 1. The van der Waals surface area contributed by atoms with Crippen molar-refractivity contribution < 1.29 is 23.8 Å². The number of carbonyl (C=O) groups is 2. The average molecular weight is 443 g/mol. The van der Waals surface area contributed by atoms with E-state index in [-0.39, 0.29) is 6.79 Å². The van der Waals surface area contributed by atoms with Crippen LogP contribution in [0.15, 0.2) is 60.7 Å². The second-order valence-electron chi connectivity index (χ2n) is 7.79. The Kier molecular flexibility index (Phi) is 5.18. The summed E-state index contributed by atoms with van der Waals surface area (Å²) in [7, 11) is 0. The zero-order valence-electron chi connectivity index (χ0n) is 18.0. The molecule has 1 atom stereocenters. The highest BCUT2D eigenvalue weighted by Gasteiger charge is 2.21. The first-order chi connectivity index (χ1) is 16.0. The second kappa shape index (κ2) is 8.31. The zero-order valence-corrected chi connectivity index (χ0v) is 18.0. The molecule has 1 aliphatic rings. The Hall–Kier alpha value is -4.33. The summed E-state index contributed by atoms with van der Waals surface area (Å²) in [6.07, 6.45) is -0.997. The summed E-state index contributed by atoms with van der Waals surface area (Å²) in [6.45, 7) is 3.69. The number of aromatic nitrogens is 2. The molecule has 0 bridgehead atoms. The van der Waals surface area contributed by atoms with Crippen molar-refractivity contribution in [3.8, 4) is 22.9 Å². The molecule has 1 amide bonds. The maximum Gasteiger partial charge on any atom is 0.338 e. The second-order valence-corrected chi connectivity index (χ2v) is 7.79. The van der Waals surface area contributed by atoms with E-state index in [0.29, 0.717) is 34.1 Å². The van der Waals surface area contributed by atoms with E-state index in [1.165, 1.54) is 6.92 Å². The number of hydrogen-bond acceptors (Lipinski definition) is 6. The van der Waals surface area contributed by atoms with E-state index in [9.17, 15) is 9.59 Å². The highest BCUT2D eigenvalue weighted by atomic mass is 16.7. The van der Waals surface area contributed by atoms with Crippen LogP contribution in [0.1, 0.15) is 22.8 Å². The minimum atomic E-state index is -0.997. The van der Waals surface area contributed by atoms with Crippen LogP contribution < -0.4 is 14.8 Å². The minimum absolute atomic E-state index is 0.147. The Bertz CT molecular complexity index is 1360. The zero-order chi connectivity index (χ0) is 22.9. The number of nitrogens with one attached hydrogen (secondary N) is 2. The highest BCUT2D eigenvalue weighted by molar-refractivity contribution is 5.99. The van der Waals surface area contributed by atoms with Gasteiger partial charge in [-0.25, -0.2) is 9.78 Å². The maximum atomic E-state index is 12.7. The standard InChI is InChI=1S/C25H21N3O5/c1-14-3-5-16(6-4-14)23-27-19-9-7-17(11-20(19)28-23)25(30)33-15(2)24(29)26-18-8-10-21-22(12-18)32-13-31-21/h3-12,15H,13H2,1-2H3,(H,26,29)(H,27,28). The van der Waals surface area contributed by atoms with Crippen LogP contribution in [0.25, 0.3) is 22.4 Å². The lowest BCUT2D eigenvalue weighted by atomic mass is 10.1. The predicted molar refractivity (Wildman–Crippen MR) is 122 cm³/mol. The van der Waals surface area contributed by atoms with Gasteiger partial charge >= 0.3 is 5.97 Å². The Balaban J connectivity index is 1.27. The van der Waals surface area contributed by atoms with E-state index in [4.69, 9.17) is 14.2 Å². The molecule has 0 saturated heterocycles. The number of esters is 1. The fourth-order valence-electron chi connectivity index (χ4n) is 3.49. The summed E-state index contributed by atoms with van der Waals surface area (Å²) < 4.78 is 15.9. The van der Waals surface area contributed by atoms with Crippen LogP contribution in [0.4, 0.5) is 5.69 Å². The molecule has 8 nitrogen and oxygen atoms in total. The number of imidazole rings is 1. The van der Waals surface area contributed by atoms with Gasteiger partial charge in [0.1, 0.15) is 5.82 Å². The van der Waals surface area contributed by atoms with Gasteiger partial charge in [-0.3, -0.25) is 4.79 Å². The summed E-state index contributed by atoms with van der Waals surface area (Å²) in [5.74, 6) is 0.831. The number of benzene rings is 3. The number of hydrogen-bond donors (Lipinski definition) is 2. The first-order valence-electron chi connectivity index (χ1n) is 10.4. The smallest absolute Gasteiger partial charge is 0.338 e. The van der Waals surface area contributed by atoms with Gasteiger partial charge in [-0.2, -0.15) is 0 Å². The largest absolute Gasteiger partial charge is 0.454 e. The molecule has 0 aliphatic carbocycles. The van der Waals surface area contributed by atoms with Crippen LogP contribution in [0.3, 0.4) is 0 Å². The number of carbonyl (C=O) groups excluding carboxylic acids is 2. The van der Waals surface area contributed by atoms with E-state index >= 15 is 0 Å². The summed E-state index contributed by atoms with van der Waals surface area (Å²) in [5, 5.41) is 2.72. The van der Waals surface area contributed by atoms with E-state index in [1.54, 1.807) is 36.4 Å². The Morgan fingerprint density at radius 3 is 2.64 bits per heavy atom. The number of ether oxygens (including phenoxy) is 3. The third-order valence-corrected chi connectivity index (χ3v) is 5.34. The summed E-state index contributed by atoms with van der Waals surface area (Å²) in [6, 6.07) is 18.1. The number of anilines is 1. The molecule has 0 spiro atoms. The van der Waals surface area contributed by atoms with Crippen molar-refractivity contribution >= 4 is 28.6 Å². The molecule has 2 N–H and O–H groups in total. The molecule has 1 aromatic heterocycles. The highest BCUT2D eigenvalue weighted by Crippen LogP contribution is 2.34. The van der Waals surface area contributed by atoms with Crippen LogP contribution in [0.5, 0.6) is 11.5 Å². The SMILES string of the molecule is Cc1ccc(-c2nc3ccc(C(=O)OC(C)C(=O)Nc4ccc5c(c4)OCO5)cc3[nH]2)cc1. The molecule has 0 radical (unpaired) electrons. The van der Waals surface area contributed by atoms with Gasteiger partial charge in [0.15, 0.2) is 17.6 Å². The molecule has 8 heteroatoms. The number of amides is 1. The van der Waals surface area contributed by atoms with E-state index in [1.807, 2.05) is 31.2 Å². The van der Waals surface area contributed by atoms with Gasteiger partial charge in [0.2, 0.25) is 6.79 Å². The fourth-order valence-corrected chi connectivity index (χ4v) is 3.49. The number of aromatic amines is 1. The monoisotopic (exact) mass is 443 g/mol. The molecule has 0 saturated carbocycles. The predicted octanol–water partition coefficient (Wildman–Crippen LogP) is 4.45. The number of fused-ring (bicyclic) bond motifs is 2. The van der Waals surface area contributed by atoms with E-state index < -0.39 is 18.0 Å².